The molecule has 9 heteroatoms. The van der Waals surface area contributed by atoms with Crippen LogP contribution in [0.1, 0.15) is 28.8 Å². The molecule has 2 heterocycles. The Morgan fingerprint density at radius 2 is 1.88 bits per heavy atom. The summed E-state index contributed by atoms with van der Waals surface area (Å²) in [5.41, 5.74) is 6.86. The highest BCUT2D eigenvalue weighted by molar-refractivity contribution is 9.10. The second kappa shape index (κ2) is 12.6. The fourth-order valence-electron chi connectivity index (χ4n) is 3.18. The van der Waals surface area contributed by atoms with Crippen LogP contribution in [0.4, 0.5) is 5.95 Å². The molecule has 2 aromatic carbocycles. The highest BCUT2D eigenvalue weighted by Crippen LogP contribution is 2.35. The van der Waals surface area contributed by atoms with Crippen LogP contribution in [0.15, 0.2) is 69.0 Å². The number of hydrogen-bond acceptors (Lipinski definition) is 7. The molecule has 0 bridgehead atoms. The van der Waals surface area contributed by atoms with Gasteiger partial charge < -0.3 is 20.7 Å². The highest BCUT2D eigenvalue weighted by atomic mass is 79.9. The second-order valence-electron chi connectivity index (χ2n) is 7.44. The minimum absolute atomic E-state index is 0.407. The largest absolute Gasteiger partial charge is 0.472 e. The Morgan fingerprint density at radius 3 is 2.52 bits per heavy atom. The fourth-order valence-corrected chi connectivity index (χ4v) is 4.45. The molecule has 0 unspecified atom stereocenters. The van der Waals surface area contributed by atoms with Gasteiger partial charge in [-0.3, -0.25) is 4.79 Å². The number of rotatable bonds is 7. The molecule has 7 nitrogen and oxygen atoms in total. The van der Waals surface area contributed by atoms with Crippen molar-refractivity contribution >= 4 is 39.5 Å². The monoisotopic (exact) mass is 529 g/mol. The first kappa shape index (κ1) is 25.0. The molecule has 3 aromatic rings. The maximum Gasteiger partial charge on any atom is 0.248 e. The van der Waals surface area contributed by atoms with Gasteiger partial charge in [0.15, 0.2) is 0 Å². The van der Waals surface area contributed by atoms with E-state index >= 15 is 0 Å². The molecule has 1 amide bonds. The molecule has 1 aromatic heterocycles. The van der Waals surface area contributed by atoms with E-state index in [4.69, 9.17) is 15.5 Å². The highest BCUT2D eigenvalue weighted by Gasteiger charge is 2.18. The number of amides is 1. The van der Waals surface area contributed by atoms with Crippen LogP contribution in [0.25, 0.3) is 0 Å². The van der Waals surface area contributed by atoms with Crippen molar-refractivity contribution in [2.24, 2.45) is 5.73 Å². The first-order chi connectivity index (χ1) is 16.0. The number of halogens is 1. The van der Waals surface area contributed by atoms with Gasteiger partial charge in [-0.1, -0.05) is 39.8 Å². The van der Waals surface area contributed by atoms with Crippen molar-refractivity contribution in [3.8, 4) is 5.88 Å². The summed E-state index contributed by atoms with van der Waals surface area (Å²) in [5, 5.41) is 2.75. The van der Waals surface area contributed by atoms with Gasteiger partial charge in [0.1, 0.15) is 6.61 Å². The molecule has 33 heavy (non-hydrogen) atoms. The lowest BCUT2D eigenvalue weighted by Crippen LogP contribution is -2.20. The van der Waals surface area contributed by atoms with Crippen molar-refractivity contribution in [3.63, 3.8) is 0 Å². The number of hydrogen-bond donors (Lipinski definition) is 2. The van der Waals surface area contributed by atoms with Gasteiger partial charge in [-0.25, -0.2) is 4.98 Å². The summed E-state index contributed by atoms with van der Waals surface area (Å²) in [7, 11) is 3.75. The first-order valence-corrected chi connectivity index (χ1v) is 12.3. The predicted molar refractivity (Wildman–Crippen MR) is 136 cm³/mol. The Kier molecular flexibility index (Phi) is 9.53. The van der Waals surface area contributed by atoms with Crippen LogP contribution in [0.5, 0.6) is 5.88 Å². The van der Waals surface area contributed by atoms with Crippen LogP contribution >= 0.6 is 27.7 Å². The van der Waals surface area contributed by atoms with E-state index in [0.717, 1.165) is 45.8 Å². The molecule has 0 radical (unpaired) electrons. The molecule has 1 fully saturated rings. The third-order valence-electron chi connectivity index (χ3n) is 4.73. The zero-order valence-corrected chi connectivity index (χ0v) is 21.2. The van der Waals surface area contributed by atoms with E-state index in [9.17, 15) is 4.79 Å². The Balaban J connectivity index is 0.000000968. The van der Waals surface area contributed by atoms with E-state index in [-0.39, 0.29) is 0 Å². The summed E-state index contributed by atoms with van der Waals surface area (Å²) in [4.78, 5) is 24.5. The molecular weight excluding hydrogens is 502 g/mol. The van der Waals surface area contributed by atoms with Crippen LogP contribution in [0, 0.1) is 0 Å². The molecule has 0 atom stereocenters. The number of anilines is 1. The van der Waals surface area contributed by atoms with E-state index in [0.29, 0.717) is 24.0 Å². The van der Waals surface area contributed by atoms with Gasteiger partial charge in [0.05, 0.1) is 11.1 Å². The van der Waals surface area contributed by atoms with Crippen molar-refractivity contribution in [1.29, 1.82) is 0 Å². The van der Waals surface area contributed by atoms with Crippen molar-refractivity contribution < 1.29 is 9.53 Å². The average molecular weight is 530 g/mol. The second-order valence-corrected chi connectivity index (χ2v) is 9.47. The average Bonchev–Trinajstić information content (AvgIpc) is 3.34. The van der Waals surface area contributed by atoms with Gasteiger partial charge in [0.25, 0.3) is 0 Å². The molecule has 0 spiro atoms. The summed E-state index contributed by atoms with van der Waals surface area (Å²) in [6.07, 6.45) is 4.12. The first-order valence-electron chi connectivity index (χ1n) is 10.7. The van der Waals surface area contributed by atoms with Crippen molar-refractivity contribution in [2.75, 3.05) is 32.1 Å². The van der Waals surface area contributed by atoms with E-state index in [1.54, 1.807) is 12.1 Å². The van der Waals surface area contributed by atoms with Gasteiger partial charge >= 0.3 is 0 Å². The third kappa shape index (κ3) is 7.45. The minimum Gasteiger partial charge on any atom is -0.472 e. The molecule has 0 aliphatic carbocycles. The topological polar surface area (TPSA) is 93.4 Å². The minimum atomic E-state index is -0.442. The maximum atomic E-state index is 11.3. The number of primary amides is 1. The summed E-state index contributed by atoms with van der Waals surface area (Å²) < 4.78 is 7.13. The zero-order valence-electron chi connectivity index (χ0n) is 18.8. The number of aromatic nitrogens is 2. The van der Waals surface area contributed by atoms with E-state index in [1.807, 2.05) is 56.7 Å². The van der Waals surface area contributed by atoms with Crippen molar-refractivity contribution in [2.45, 2.75) is 29.2 Å². The molecule has 1 saturated heterocycles. The summed E-state index contributed by atoms with van der Waals surface area (Å²) in [6, 6.07) is 15.2. The predicted octanol–water partition coefficient (Wildman–Crippen LogP) is 4.50. The van der Waals surface area contributed by atoms with E-state index < -0.39 is 5.91 Å². The smallest absolute Gasteiger partial charge is 0.248 e. The van der Waals surface area contributed by atoms with E-state index in [1.165, 1.54) is 11.8 Å². The standard InChI is InChI=1S/C22H21BrN4O2S.C2H7N/c23-17-5-3-4-15(12-17)14-29-21-19(13-25-22(26-21)27-10-1-2-11-27)30-18-8-6-16(7-9-18)20(24)28;1-3-2/h3-9,12-13H,1-2,10-11,14H2,(H2,24,28);3H,1-2H3. The van der Waals surface area contributed by atoms with Crippen LogP contribution < -0.4 is 20.7 Å². The SMILES string of the molecule is CNC.NC(=O)c1ccc(Sc2cnc(N3CCCC3)nc2OCc2cccc(Br)c2)cc1. The number of benzene rings is 2. The summed E-state index contributed by atoms with van der Waals surface area (Å²) in [5.74, 6) is 0.809. The fraction of sp³-hybridized carbons (Fsp3) is 0.292. The number of ether oxygens (including phenoxy) is 1. The van der Waals surface area contributed by atoms with Crippen LogP contribution in [0.2, 0.25) is 0 Å². The molecular formula is C24H28BrN5O2S. The summed E-state index contributed by atoms with van der Waals surface area (Å²) >= 11 is 4.99. The van der Waals surface area contributed by atoms with Crippen LogP contribution in [-0.4, -0.2) is 43.1 Å². The van der Waals surface area contributed by atoms with Crippen molar-refractivity contribution in [1.82, 2.24) is 15.3 Å². The molecule has 4 rings (SSSR count). The molecule has 1 aliphatic heterocycles. The van der Waals surface area contributed by atoms with Crippen molar-refractivity contribution in [3.05, 3.63) is 70.3 Å². The molecule has 0 saturated carbocycles. The lowest BCUT2D eigenvalue weighted by molar-refractivity contribution is 0.1000. The Bertz CT molecular complexity index is 1060. The quantitative estimate of drug-likeness (QED) is 0.465. The Morgan fingerprint density at radius 1 is 1.18 bits per heavy atom. The number of nitrogens with zero attached hydrogens (tertiary/aromatic N) is 3. The number of carbonyl (C=O) groups excluding carboxylic acids is 1. The molecule has 174 valence electrons. The van der Waals surface area contributed by atoms with E-state index in [2.05, 4.69) is 31.1 Å². The lowest BCUT2D eigenvalue weighted by atomic mass is 10.2. The lowest BCUT2D eigenvalue weighted by Gasteiger charge is -2.17. The van der Waals surface area contributed by atoms with Gasteiger partial charge in [0.2, 0.25) is 17.7 Å². The number of carbonyl (C=O) groups is 1. The van der Waals surface area contributed by atoms with Gasteiger partial charge in [-0.05, 0) is 68.9 Å². The molecule has 3 N–H and O–H groups in total. The number of nitrogens with two attached hydrogens (primary N) is 1. The number of nitrogens with one attached hydrogen (secondary N) is 1. The Hall–Kier alpha value is -2.62. The van der Waals surface area contributed by atoms with Crippen LogP contribution in [-0.2, 0) is 6.61 Å². The zero-order chi connectivity index (χ0) is 23.6. The van der Waals surface area contributed by atoms with Gasteiger partial charge in [0, 0.05) is 28.0 Å². The third-order valence-corrected chi connectivity index (χ3v) is 6.23. The normalized spacial score (nSPS) is 12.8. The van der Waals surface area contributed by atoms with Gasteiger partial charge in [-0.15, -0.1) is 0 Å². The maximum absolute atomic E-state index is 11.3. The van der Waals surface area contributed by atoms with Crippen LogP contribution in [0.3, 0.4) is 0 Å². The molecule has 1 aliphatic rings. The summed E-state index contributed by atoms with van der Waals surface area (Å²) in [6.45, 7) is 2.34. The Labute approximate surface area is 207 Å². The van der Waals surface area contributed by atoms with Gasteiger partial charge in [-0.2, -0.15) is 4.98 Å².